The Bertz CT molecular complexity index is 1340. The van der Waals surface area contributed by atoms with Crippen LogP contribution >= 0.6 is 0 Å². The quantitative estimate of drug-likeness (QED) is 0.354. The molecule has 1 unspecified atom stereocenters. The van der Waals surface area contributed by atoms with E-state index in [0.29, 0.717) is 35.7 Å². The van der Waals surface area contributed by atoms with Gasteiger partial charge in [0.05, 0.1) is 25.5 Å². The first-order valence-corrected chi connectivity index (χ1v) is 12.6. The molecule has 1 atom stereocenters. The summed E-state index contributed by atoms with van der Waals surface area (Å²) in [5.41, 5.74) is 3.12. The van der Waals surface area contributed by atoms with Crippen molar-refractivity contribution in [2.75, 3.05) is 46.1 Å². The molecule has 1 aliphatic carbocycles. The molecule has 0 spiro atoms. The smallest absolute Gasteiger partial charge is 0.323 e. The van der Waals surface area contributed by atoms with Gasteiger partial charge < -0.3 is 19.2 Å². The second-order valence-corrected chi connectivity index (χ2v) is 8.92. The fraction of sp³-hybridized carbons (Fsp3) is 0.357. The normalized spacial score (nSPS) is 19.4. The lowest BCUT2D eigenvalue weighted by Crippen LogP contribution is -2.38. The molecular weight excluding hydrogens is 472 g/mol. The molecule has 0 amide bonds. The molecule has 37 heavy (non-hydrogen) atoms. The number of para-hydroxylation sites is 2. The highest BCUT2D eigenvalue weighted by Crippen LogP contribution is 2.32. The Morgan fingerprint density at radius 3 is 2.89 bits per heavy atom. The van der Waals surface area contributed by atoms with Crippen LogP contribution in [0.25, 0.3) is 11.0 Å². The number of pyridine rings is 1. The third-order valence-corrected chi connectivity index (χ3v) is 6.52. The van der Waals surface area contributed by atoms with E-state index in [1.807, 2.05) is 42.6 Å². The van der Waals surface area contributed by atoms with E-state index in [2.05, 4.69) is 14.9 Å². The first-order chi connectivity index (χ1) is 18.1. The zero-order chi connectivity index (χ0) is 25.6. The fourth-order valence-electron chi connectivity index (χ4n) is 4.63. The number of H-pyrrole nitrogens is 1. The van der Waals surface area contributed by atoms with Gasteiger partial charge in [-0.15, -0.1) is 0 Å². The molecule has 1 aromatic carbocycles. The Labute approximate surface area is 215 Å². The summed E-state index contributed by atoms with van der Waals surface area (Å²) in [6, 6.07) is 11.2. The maximum absolute atomic E-state index is 13.4. The summed E-state index contributed by atoms with van der Waals surface area (Å²) in [6.45, 7) is 6.42. The van der Waals surface area contributed by atoms with Crippen molar-refractivity contribution in [1.82, 2.24) is 14.9 Å². The van der Waals surface area contributed by atoms with Gasteiger partial charge in [0.1, 0.15) is 23.7 Å². The minimum atomic E-state index is -1.10. The molecule has 0 radical (unpaired) electrons. The molecule has 2 aliphatic rings. The number of carbonyl (C=O) groups excluding carboxylic acids is 2. The van der Waals surface area contributed by atoms with Gasteiger partial charge in [-0.1, -0.05) is 12.1 Å². The number of ether oxygens (including phenoxy) is 3. The van der Waals surface area contributed by atoms with Crippen molar-refractivity contribution in [3.05, 3.63) is 66.0 Å². The number of aromatic nitrogens is 2. The van der Waals surface area contributed by atoms with Crippen molar-refractivity contribution in [1.29, 1.82) is 0 Å². The third-order valence-electron chi connectivity index (χ3n) is 6.52. The molecule has 5 rings (SSSR count). The van der Waals surface area contributed by atoms with Crippen LogP contribution in [0.5, 0.6) is 5.75 Å². The number of ketones is 1. The molecule has 9 nitrogen and oxygen atoms in total. The molecule has 3 aromatic rings. The van der Waals surface area contributed by atoms with E-state index >= 15 is 0 Å². The molecule has 2 aromatic heterocycles. The summed E-state index contributed by atoms with van der Waals surface area (Å²) in [5.74, 6) is -1.38. The Balaban J connectivity index is 1.40. The van der Waals surface area contributed by atoms with Crippen LogP contribution in [-0.2, 0) is 25.5 Å². The summed E-state index contributed by atoms with van der Waals surface area (Å²) >= 11 is 0. The van der Waals surface area contributed by atoms with Gasteiger partial charge in [0.25, 0.3) is 0 Å². The van der Waals surface area contributed by atoms with Gasteiger partial charge in [0, 0.05) is 49.4 Å². The lowest BCUT2D eigenvalue weighted by atomic mass is 9.99. The molecule has 3 heterocycles. The van der Waals surface area contributed by atoms with E-state index in [0.717, 1.165) is 49.4 Å². The van der Waals surface area contributed by atoms with Gasteiger partial charge in [-0.05, 0) is 42.8 Å². The number of carbonyl (C=O) groups is 2. The minimum Gasteiger partial charge on any atom is -0.490 e. The predicted octanol–water partition coefficient (Wildman–Crippen LogP) is 3.28. The van der Waals surface area contributed by atoms with Gasteiger partial charge in [0.2, 0.25) is 0 Å². The zero-order valence-electron chi connectivity index (χ0n) is 20.8. The monoisotopic (exact) mass is 502 g/mol. The molecule has 192 valence electrons. The number of benzene rings is 1. The van der Waals surface area contributed by atoms with Crippen molar-refractivity contribution in [2.24, 2.45) is 10.9 Å². The van der Waals surface area contributed by atoms with E-state index in [1.165, 1.54) is 0 Å². The number of esters is 1. The van der Waals surface area contributed by atoms with Crippen molar-refractivity contribution in [3.8, 4) is 5.75 Å². The van der Waals surface area contributed by atoms with Gasteiger partial charge in [-0.2, -0.15) is 0 Å². The van der Waals surface area contributed by atoms with E-state index in [1.54, 1.807) is 19.2 Å². The van der Waals surface area contributed by atoms with Crippen LogP contribution in [0.1, 0.15) is 12.5 Å². The first kappa shape index (κ1) is 24.9. The highest BCUT2D eigenvalue weighted by Gasteiger charge is 2.39. The number of Topliss-reactive ketones (excluding diaryl/α,β-unsaturated/α-hetero) is 1. The number of nitrogens with one attached hydrogen (secondary N) is 1. The van der Waals surface area contributed by atoms with Crippen molar-refractivity contribution >= 4 is 34.2 Å². The van der Waals surface area contributed by atoms with E-state index < -0.39 is 11.9 Å². The summed E-state index contributed by atoms with van der Waals surface area (Å²) in [4.78, 5) is 40.7. The van der Waals surface area contributed by atoms with E-state index in [-0.39, 0.29) is 12.4 Å². The summed E-state index contributed by atoms with van der Waals surface area (Å²) in [6.07, 6.45) is 5.63. The van der Waals surface area contributed by atoms with Gasteiger partial charge in [-0.25, -0.2) is 9.98 Å². The SMILES string of the molecule is CCOC(=O)C1C(=O)C(Cc2c[nH]c3ncccc23)=CC1=Nc1ccccc1OCCN1CCOCC1. The average Bonchev–Trinajstić information content (AvgIpc) is 3.46. The molecule has 0 saturated carbocycles. The lowest BCUT2D eigenvalue weighted by Gasteiger charge is -2.26. The standard InChI is InChI=1S/C28H30N4O5/c1-2-36-28(34)25-23(17-19(26(25)33)16-20-18-30-27-21(20)6-5-9-29-27)31-22-7-3-4-8-24(22)37-15-12-32-10-13-35-14-11-32/h3-9,17-18,25H,2,10-16H2,1H3,(H,29,30). The molecule has 9 heteroatoms. The van der Waals surface area contributed by atoms with Crippen LogP contribution in [0.2, 0.25) is 0 Å². The number of fused-ring (bicyclic) bond motifs is 1. The van der Waals surface area contributed by atoms with Crippen LogP contribution in [0.15, 0.2) is 65.4 Å². The number of morpholine rings is 1. The molecule has 1 N–H and O–H groups in total. The molecular formula is C28H30N4O5. The number of aromatic amines is 1. The number of allylic oxidation sites excluding steroid dienone is 2. The topological polar surface area (TPSA) is 106 Å². The minimum absolute atomic E-state index is 0.181. The highest BCUT2D eigenvalue weighted by atomic mass is 16.5. The van der Waals surface area contributed by atoms with Gasteiger partial charge in [0.15, 0.2) is 11.7 Å². The van der Waals surface area contributed by atoms with Crippen LogP contribution in [0, 0.1) is 5.92 Å². The Kier molecular flexibility index (Phi) is 7.72. The molecule has 1 saturated heterocycles. The Morgan fingerprint density at radius 2 is 2.05 bits per heavy atom. The van der Waals surface area contributed by atoms with Crippen molar-refractivity contribution < 1.29 is 23.8 Å². The van der Waals surface area contributed by atoms with Crippen LogP contribution < -0.4 is 4.74 Å². The molecule has 0 bridgehead atoms. The van der Waals surface area contributed by atoms with Gasteiger partial charge >= 0.3 is 5.97 Å². The number of hydrogen-bond acceptors (Lipinski definition) is 8. The lowest BCUT2D eigenvalue weighted by molar-refractivity contribution is -0.147. The number of aliphatic imine (C=N–C) groups is 1. The van der Waals surface area contributed by atoms with E-state index in [4.69, 9.17) is 19.2 Å². The Hall–Kier alpha value is -3.82. The van der Waals surface area contributed by atoms with Crippen LogP contribution in [0.3, 0.4) is 0 Å². The maximum atomic E-state index is 13.4. The number of nitrogens with zero attached hydrogens (tertiary/aromatic N) is 3. The van der Waals surface area contributed by atoms with Crippen molar-refractivity contribution in [3.63, 3.8) is 0 Å². The van der Waals surface area contributed by atoms with Crippen LogP contribution in [-0.4, -0.2) is 78.4 Å². The Morgan fingerprint density at radius 1 is 1.22 bits per heavy atom. The zero-order valence-corrected chi connectivity index (χ0v) is 20.8. The largest absolute Gasteiger partial charge is 0.490 e. The fourth-order valence-corrected chi connectivity index (χ4v) is 4.63. The number of hydrogen-bond donors (Lipinski definition) is 1. The maximum Gasteiger partial charge on any atom is 0.323 e. The van der Waals surface area contributed by atoms with Crippen LogP contribution in [0.4, 0.5) is 5.69 Å². The van der Waals surface area contributed by atoms with Crippen molar-refractivity contribution in [2.45, 2.75) is 13.3 Å². The van der Waals surface area contributed by atoms with E-state index in [9.17, 15) is 9.59 Å². The highest BCUT2D eigenvalue weighted by molar-refractivity contribution is 6.33. The second kappa shape index (κ2) is 11.5. The summed E-state index contributed by atoms with van der Waals surface area (Å²) < 4.78 is 16.7. The first-order valence-electron chi connectivity index (χ1n) is 12.6. The molecule has 1 aliphatic heterocycles. The summed E-state index contributed by atoms with van der Waals surface area (Å²) in [7, 11) is 0. The number of rotatable bonds is 9. The van der Waals surface area contributed by atoms with Gasteiger partial charge in [-0.3, -0.25) is 14.5 Å². The second-order valence-electron chi connectivity index (χ2n) is 8.92. The average molecular weight is 503 g/mol. The third kappa shape index (κ3) is 5.63. The summed E-state index contributed by atoms with van der Waals surface area (Å²) in [5, 5.41) is 0.938. The predicted molar refractivity (Wildman–Crippen MR) is 139 cm³/mol. The molecule has 1 fully saturated rings.